The zero-order chi connectivity index (χ0) is 9.40. The predicted octanol–water partition coefficient (Wildman–Crippen LogP) is 2.05. The molecule has 0 bridgehead atoms. The fourth-order valence-corrected chi connectivity index (χ4v) is 1.06. The first-order valence-electron chi connectivity index (χ1n) is 5.03. The van der Waals surface area contributed by atoms with Crippen molar-refractivity contribution in [3.8, 4) is 0 Å². The molecule has 0 aromatic carbocycles. The predicted molar refractivity (Wildman–Crippen MR) is 53.4 cm³/mol. The van der Waals surface area contributed by atoms with Crippen LogP contribution in [0.25, 0.3) is 0 Å². The third-order valence-corrected chi connectivity index (χ3v) is 1.96. The van der Waals surface area contributed by atoms with Crippen LogP contribution >= 0.6 is 0 Å². The Labute approximate surface area is 76.7 Å². The molecule has 0 aromatic rings. The third-order valence-electron chi connectivity index (χ3n) is 1.96. The summed E-state index contributed by atoms with van der Waals surface area (Å²) in [5.41, 5.74) is 0. The van der Waals surface area contributed by atoms with E-state index in [0.29, 0.717) is 12.0 Å². The number of hydrogen-bond acceptors (Lipinski definition) is 2. The highest BCUT2D eigenvalue weighted by Crippen LogP contribution is 2.01. The molecular weight excluding hydrogens is 150 g/mol. The Morgan fingerprint density at radius 2 is 1.92 bits per heavy atom. The van der Waals surface area contributed by atoms with Crippen LogP contribution in [0.4, 0.5) is 0 Å². The second-order valence-electron chi connectivity index (χ2n) is 3.46. The lowest BCUT2D eigenvalue weighted by molar-refractivity contribution is 0.108. The average Bonchev–Trinajstić information content (AvgIpc) is 2.04. The van der Waals surface area contributed by atoms with E-state index in [2.05, 4.69) is 26.1 Å². The fourth-order valence-electron chi connectivity index (χ4n) is 1.06. The van der Waals surface area contributed by atoms with Gasteiger partial charge in [0.05, 0.1) is 6.61 Å². The molecular formula is C10H23NO. The van der Waals surface area contributed by atoms with Crippen molar-refractivity contribution in [1.29, 1.82) is 0 Å². The summed E-state index contributed by atoms with van der Waals surface area (Å²) < 4.78 is 5.39. The monoisotopic (exact) mass is 173 g/mol. The lowest BCUT2D eigenvalue weighted by Gasteiger charge is -2.21. The van der Waals surface area contributed by atoms with Gasteiger partial charge in [-0.1, -0.05) is 20.8 Å². The maximum Gasteiger partial charge on any atom is 0.0621 e. The molecule has 74 valence electrons. The molecule has 0 aliphatic heterocycles. The second-order valence-corrected chi connectivity index (χ2v) is 3.46. The maximum absolute atomic E-state index is 5.39. The van der Waals surface area contributed by atoms with Gasteiger partial charge in [-0.2, -0.15) is 0 Å². The summed E-state index contributed by atoms with van der Waals surface area (Å²) >= 11 is 0. The normalized spacial score (nSPS) is 13.8. The summed E-state index contributed by atoms with van der Waals surface area (Å²) in [5.74, 6) is 0.656. The summed E-state index contributed by atoms with van der Waals surface area (Å²) in [6, 6.07) is 0.518. The zero-order valence-corrected chi connectivity index (χ0v) is 8.89. The van der Waals surface area contributed by atoms with Crippen molar-refractivity contribution >= 4 is 0 Å². The van der Waals surface area contributed by atoms with Crippen molar-refractivity contribution in [1.82, 2.24) is 5.32 Å². The zero-order valence-electron chi connectivity index (χ0n) is 8.89. The largest absolute Gasteiger partial charge is 0.380 e. The molecule has 0 aliphatic carbocycles. The molecule has 0 rings (SSSR count). The van der Waals surface area contributed by atoms with E-state index < -0.39 is 0 Å². The molecule has 0 amide bonds. The molecule has 0 saturated heterocycles. The van der Waals surface area contributed by atoms with Gasteiger partial charge in [-0.15, -0.1) is 0 Å². The summed E-state index contributed by atoms with van der Waals surface area (Å²) in [4.78, 5) is 0. The molecule has 12 heavy (non-hydrogen) atoms. The van der Waals surface area contributed by atoms with Crippen LogP contribution in [0.5, 0.6) is 0 Å². The van der Waals surface area contributed by atoms with Gasteiger partial charge in [0.1, 0.15) is 0 Å². The van der Waals surface area contributed by atoms with E-state index in [4.69, 9.17) is 4.74 Å². The molecule has 0 fully saturated rings. The van der Waals surface area contributed by atoms with E-state index in [0.717, 1.165) is 19.8 Å². The Balaban J connectivity index is 3.55. The van der Waals surface area contributed by atoms with Gasteiger partial charge in [-0.05, 0) is 25.8 Å². The molecule has 2 nitrogen and oxygen atoms in total. The van der Waals surface area contributed by atoms with Crippen LogP contribution in [0.3, 0.4) is 0 Å². The average molecular weight is 173 g/mol. The molecule has 0 radical (unpaired) electrons. The first kappa shape index (κ1) is 11.9. The molecule has 0 heterocycles. The van der Waals surface area contributed by atoms with Gasteiger partial charge in [0.25, 0.3) is 0 Å². The molecule has 1 atom stereocenters. The van der Waals surface area contributed by atoms with Crippen LogP contribution < -0.4 is 5.32 Å². The molecule has 0 aromatic heterocycles. The van der Waals surface area contributed by atoms with Crippen LogP contribution in [-0.2, 0) is 4.74 Å². The van der Waals surface area contributed by atoms with Gasteiger partial charge in [0, 0.05) is 12.6 Å². The Bertz CT molecular complexity index is 85.8. The van der Waals surface area contributed by atoms with Crippen LogP contribution in [0.1, 0.15) is 34.1 Å². The minimum atomic E-state index is 0.518. The number of rotatable bonds is 7. The van der Waals surface area contributed by atoms with Crippen LogP contribution in [0, 0.1) is 5.92 Å². The van der Waals surface area contributed by atoms with Crippen molar-refractivity contribution in [3.05, 3.63) is 0 Å². The first-order valence-corrected chi connectivity index (χ1v) is 5.03. The fraction of sp³-hybridized carbons (Fsp3) is 1.00. The van der Waals surface area contributed by atoms with Gasteiger partial charge in [0.2, 0.25) is 0 Å². The highest BCUT2D eigenvalue weighted by molar-refractivity contribution is 4.69. The van der Waals surface area contributed by atoms with Crippen molar-refractivity contribution in [2.45, 2.75) is 40.2 Å². The van der Waals surface area contributed by atoms with Crippen molar-refractivity contribution in [2.24, 2.45) is 5.92 Å². The number of nitrogens with one attached hydrogen (secondary N) is 1. The van der Waals surface area contributed by atoms with Gasteiger partial charge >= 0.3 is 0 Å². The molecule has 0 spiro atoms. The van der Waals surface area contributed by atoms with Gasteiger partial charge in [-0.25, -0.2) is 0 Å². The Hall–Kier alpha value is -0.0800. The van der Waals surface area contributed by atoms with Crippen LogP contribution in [0.2, 0.25) is 0 Å². The van der Waals surface area contributed by atoms with Crippen LogP contribution in [0.15, 0.2) is 0 Å². The molecule has 1 N–H and O–H groups in total. The molecule has 2 heteroatoms. The van der Waals surface area contributed by atoms with Gasteiger partial charge in [-0.3, -0.25) is 0 Å². The molecule has 1 unspecified atom stereocenters. The Kier molecular flexibility index (Phi) is 7.51. The number of hydrogen-bond donors (Lipinski definition) is 1. The minimum Gasteiger partial charge on any atom is -0.380 e. The lowest BCUT2D eigenvalue weighted by atomic mass is 10.1. The number of ether oxygens (including phenoxy) is 1. The summed E-state index contributed by atoms with van der Waals surface area (Å²) in [6.45, 7) is 11.4. The Morgan fingerprint density at radius 3 is 2.33 bits per heavy atom. The summed E-state index contributed by atoms with van der Waals surface area (Å²) in [7, 11) is 0. The van der Waals surface area contributed by atoms with E-state index in [1.165, 1.54) is 6.42 Å². The van der Waals surface area contributed by atoms with E-state index in [1.807, 2.05) is 6.92 Å². The highest BCUT2D eigenvalue weighted by Gasteiger charge is 2.11. The van der Waals surface area contributed by atoms with E-state index >= 15 is 0 Å². The topological polar surface area (TPSA) is 21.3 Å². The van der Waals surface area contributed by atoms with E-state index in [-0.39, 0.29) is 0 Å². The quantitative estimate of drug-likeness (QED) is 0.636. The molecule has 0 saturated carbocycles. The summed E-state index contributed by atoms with van der Waals surface area (Å²) in [6.07, 6.45) is 1.19. The van der Waals surface area contributed by atoms with E-state index in [9.17, 15) is 0 Å². The highest BCUT2D eigenvalue weighted by atomic mass is 16.5. The smallest absolute Gasteiger partial charge is 0.0621 e. The van der Waals surface area contributed by atoms with Crippen molar-refractivity contribution in [3.63, 3.8) is 0 Å². The lowest BCUT2D eigenvalue weighted by Crippen LogP contribution is -2.38. The summed E-state index contributed by atoms with van der Waals surface area (Å²) in [5, 5.41) is 3.48. The van der Waals surface area contributed by atoms with Crippen LogP contribution in [-0.4, -0.2) is 25.8 Å². The second kappa shape index (κ2) is 7.56. The third kappa shape index (κ3) is 5.56. The molecule has 0 aliphatic rings. The van der Waals surface area contributed by atoms with Gasteiger partial charge in [0.15, 0.2) is 0 Å². The maximum atomic E-state index is 5.39. The SMILES string of the molecule is CCCNC(COCC)C(C)C. The van der Waals surface area contributed by atoms with Crippen molar-refractivity contribution < 1.29 is 4.74 Å². The van der Waals surface area contributed by atoms with Crippen molar-refractivity contribution in [2.75, 3.05) is 19.8 Å². The first-order chi connectivity index (χ1) is 5.72. The Morgan fingerprint density at radius 1 is 1.25 bits per heavy atom. The van der Waals surface area contributed by atoms with Gasteiger partial charge < -0.3 is 10.1 Å². The van der Waals surface area contributed by atoms with E-state index in [1.54, 1.807) is 0 Å². The minimum absolute atomic E-state index is 0.518. The standard InChI is InChI=1S/C10H23NO/c1-5-7-11-10(9(3)4)8-12-6-2/h9-11H,5-8H2,1-4H3.